The topological polar surface area (TPSA) is 90.7 Å². The van der Waals surface area contributed by atoms with Crippen LogP contribution in [0.3, 0.4) is 0 Å². The molecule has 1 saturated heterocycles. The van der Waals surface area contributed by atoms with Crippen LogP contribution in [0.2, 0.25) is 5.02 Å². The minimum atomic E-state index is -0.565. The van der Waals surface area contributed by atoms with Gasteiger partial charge in [0, 0.05) is 31.5 Å². The number of nitro benzene ring substituents is 1. The van der Waals surface area contributed by atoms with Gasteiger partial charge in [-0.2, -0.15) is 0 Å². The standard InChI is InChI=1S/C15H17ClN2O5/c16-13-4-3-10(18(20)21)7-12(13)14(19)17-8-11-9-22-15(23-11)5-1-2-6-15/h3-4,7,11H,1-2,5-6,8-9H2,(H,17,19)/t11-/m0/s1. The second-order valence-corrected chi connectivity index (χ2v) is 6.21. The number of benzene rings is 1. The Balaban J connectivity index is 1.60. The number of nitrogens with zero attached hydrogens (tertiary/aromatic N) is 1. The van der Waals surface area contributed by atoms with Crippen LogP contribution in [0.15, 0.2) is 18.2 Å². The molecule has 0 aromatic heterocycles. The van der Waals surface area contributed by atoms with Crippen molar-refractivity contribution in [2.24, 2.45) is 0 Å². The zero-order valence-electron chi connectivity index (χ0n) is 12.4. The predicted molar refractivity (Wildman–Crippen MR) is 82.5 cm³/mol. The van der Waals surface area contributed by atoms with E-state index in [0.717, 1.165) is 25.7 Å². The molecule has 124 valence electrons. The molecule has 23 heavy (non-hydrogen) atoms. The quantitative estimate of drug-likeness (QED) is 0.672. The number of amides is 1. The van der Waals surface area contributed by atoms with E-state index in [1.54, 1.807) is 0 Å². The van der Waals surface area contributed by atoms with Crippen molar-refractivity contribution < 1.29 is 19.2 Å². The van der Waals surface area contributed by atoms with Gasteiger partial charge in [-0.05, 0) is 18.9 Å². The summed E-state index contributed by atoms with van der Waals surface area (Å²) in [6.45, 7) is 0.711. The molecule has 1 amide bonds. The molecule has 1 N–H and O–H groups in total. The van der Waals surface area contributed by atoms with Crippen molar-refractivity contribution in [1.82, 2.24) is 5.32 Å². The van der Waals surface area contributed by atoms with E-state index < -0.39 is 16.6 Å². The summed E-state index contributed by atoms with van der Waals surface area (Å²) in [6, 6.07) is 3.77. The van der Waals surface area contributed by atoms with Crippen LogP contribution in [-0.4, -0.2) is 35.9 Å². The maximum Gasteiger partial charge on any atom is 0.270 e. The lowest BCUT2D eigenvalue weighted by Crippen LogP contribution is -2.35. The van der Waals surface area contributed by atoms with Crippen LogP contribution in [-0.2, 0) is 9.47 Å². The number of rotatable bonds is 4. The summed E-state index contributed by atoms with van der Waals surface area (Å²) in [6.07, 6.45) is 3.72. The summed E-state index contributed by atoms with van der Waals surface area (Å²) in [5, 5.41) is 13.7. The number of carbonyl (C=O) groups excluding carboxylic acids is 1. The van der Waals surface area contributed by atoms with Gasteiger partial charge in [0.2, 0.25) is 0 Å². The summed E-state index contributed by atoms with van der Waals surface area (Å²) < 4.78 is 11.6. The van der Waals surface area contributed by atoms with Gasteiger partial charge in [0.1, 0.15) is 6.10 Å². The van der Waals surface area contributed by atoms with E-state index >= 15 is 0 Å². The molecule has 1 aromatic rings. The van der Waals surface area contributed by atoms with Crippen molar-refractivity contribution >= 4 is 23.2 Å². The third-order valence-electron chi connectivity index (χ3n) is 4.17. The first-order valence-corrected chi connectivity index (χ1v) is 7.91. The lowest BCUT2D eigenvalue weighted by molar-refractivity contribution is -0.384. The van der Waals surface area contributed by atoms with Crippen LogP contribution < -0.4 is 5.32 Å². The number of ether oxygens (including phenoxy) is 2. The van der Waals surface area contributed by atoms with Crippen molar-refractivity contribution in [3.8, 4) is 0 Å². The molecular formula is C15H17ClN2O5. The molecule has 1 aliphatic heterocycles. The lowest BCUT2D eigenvalue weighted by atomic mass is 10.2. The predicted octanol–water partition coefficient (Wildman–Crippen LogP) is 2.66. The highest BCUT2D eigenvalue weighted by molar-refractivity contribution is 6.33. The number of hydrogen-bond acceptors (Lipinski definition) is 5. The van der Waals surface area contributed by atoms with Gasteiger partial charge >= 0.3 is 0 Å². The molecule has 2 aliphatic rings. The van der Waals surface area contributed by atoms with Gasteiger partial charge < -0.3 is 14.8 Å². The van der Waals surface area contributed by atoms with Crippen LogP contribution in [0, 0.1) is 10.1 Å². The Morgan fingerprint density at radius 3 is 2.87 bits per heavy atom. The Bertz CT molecular complexity index is 630. The van der Waals surface area contributed by atoms with Crippen molar-refractivity contribution in [2.45, 2.75) is 37.6 Å². The van der Waals surface area contributed by atoms with E-state index in [-0.39, 0.29) is 28.9 Å². The Labute approximate surface area is 138 Å². The number of non-ortho nitro benzene ring substituents is 1. The van der Waals surface area contributed by atoms with Gasteiger partial charge in [0.15, 0.2) is 5.79 Å². The Hall–Kier alpha value is -1.70. The fourth-order valence-electron chi connectivity index (χ4n) is 3.00. The van der Waals surface area contributed by atoms with E-state index in [2.05, 4.69) is 5.32 Å². The number of hydrogen-bond donors (Lipinski definition) is 1. The van der Waals surface area contributed by atoms with E-state index in [0.29, 0.717) is 6.61 Å². The van der Waals surface area contributed by atoms with Gasteiger partial charge in [-0.1, -0.05) is 11.6 Å². The highest BCUT2D eigenvalue weighted by Gasteiger charge is 2.43. The summed E-state index contributed by atoms with van der Waals surface area (Å²) in [4.78, 5) is 22.4. The highest BCUT2D eigenvalue weighted by Crippen LogP contribution is 2.39. The highest BCUT2D eigenvalue weighted by atomic mass is 35.5. The molecular weight excluding hydrogens is 324 g/mol. The monoisotopic (exact) mass is 340 g/mol. The minimum absolute atomic E-state index is 0.0790. The molecule has 0 bridgehead atoms. The average Bonchev–Trinajstić information content (AvgIpc) is 3.15. The molecule has 3 rings (SSSR count). The van der Waals surface area contributed by atoms with Gasteiger partial charge in [-0.15, -0.1) is 0 Å². The average molecular weight is 341 g/mol. The second kappa shape index (κ2) is 6.43. The summed E-state index contributed by atoms with van der Waals surface area (Å²) in [7, 11) is 0. The van der Waals surface area contributed by atoms with Crippen LogP contribution in [0.1, 0.15) is 36.0 Å². The van der Waals surface area contributed by atoms with E-state index in [1.165, 1.54) is 18.2 Å². The Kier molecular flexibility index (Phi) is 4.52. The van der Waals surface area contributed by atoms with Gasteiger partial charge in [-0.25, -0.2) is 0 Å². The largest absolute Gasteiger partial charge is 0.349 e. The zero-order valence-corrected chi connectivity index (χ0v) is 13.2. The van der Waals surface area contributed by atoms with Crippen LogP contribution in [0.25, 0.3) is 0 Å². The fraction of sp³-hybridized carbons (Fsp3) is 0.533. The number of nitrogens with one attached hydrogen (secondary N) is 1. The molecule has 1 aliphatic carbocycles. The summed E-state index contributed by atoms with van der Waals surface area (Å²) in [5.74, 6) is -0.937. The van der Waals surface area contributed by atoms with Crippen molar-refractivity contribution in [3.05, 3.63) is 38.9 Å². The van der Waals surface area contributed by atoms with Gasteiger partial charge in [0.05, 0.1) is 22.1 Å². The number of nitro groups is 1. The van der Waals surface area contributed by atoms with E-state index in [4.69, 9.17) is 21.1 Å². The van der Waals surface area contributed by atoms with Gasteiger partial charge in [-0.3, -0.25) is 14.9 Å². The van der Waals surface area contributed by atoms with E-state index in [1.807, 2.05) is 0 Å². The van der Waals surface area contributed by atoms with Crippen molar-refractivity contribution in [3.63, 3.8) is 0 Å². The molecule has 1 atom stereocenters. The van der Waals surface area contributed by atoms with Crippen LogP contribution in [0.5, 0.6) is 0 Å². The van der Waals surface area contributed by atoms with Crippen molar-refractivity contribution in [1.29, 1.82) is 0 Å². The summed E-state index contributed by atoms with van der Waals surface area (Å²) in [5.41, 5.74) is -0.0970. The van der Waals surface area contributed by atoms with E-state index in [9.17, 15) is 14.9 Å². The lowest BCUT2D eigenvalue weighted by Gasteiger charge is -2.22. The third-order valence-corrected chi connectivity index (χ3v) is 4.50. The first-order valence-electron chi connectivity index (χ1n) is 7.53. The first-order chi connectivity index (χ1) is 11.0. The second-order valence-electron chi connectivity index (χ2n) is 5.80. The minimum Gasteiger partial charge on any atom is -0.349 e. The Morgan fingerprint density at radius 2 is 2.17 bits per heavy atom. The summed E-state index contributed by atoms with van der Waals surface area (Å²) >= 11 is 5.95. The molecule has 8 heteroatoms. The molecule has 7 nitrogen and oxygen atoms in total. The molecule has 1 spiro atoms. The molecule has 0 unspecified atom stereocenters. The maximum atomic E-state index is 12.2. The first kappa shape index (κ1) is 16.2. The Morgan fingerprint density at radius 1 is 1.43 bits per heavy atom. The molecule has 0 radical (unpaired) electrons. The normalized spacial score (nSPS) is 22.4. The molecule has 2 fully saturated rings. The van der Waals surface area contributed by atoms with Gasteiger partial charge in [0.25, 0.3) is 11.6 Å². The smallest absolute Gasteiger partial charge is 0.270 e. The molecule has 1 saturated carbocycles. The number of halogens is 1. The SMILES string of the molecule is O=C(NC[C@H]1COC2(CCCC2)O1)c1cc([N+](=O)[O-])ccc1Cl. The van der Waals surface area contributed by atoms with Crippen molar-refractivity contribution in [2.75, 3.05) is 13.2 Å². The van der Waals surface area contributed by atoms with Crippen LogP contribution >= 0.6 is 11.6 Å². The third kappa shape index (κ3) is 3.46. The fourth-order valence-corrected chi connectivity index (χ4v) is 3.20. The number of carbonyl (C=O) groups is 1. The van der Waals surface area contributed by atoms with Crippen LogP contribution in [0.4, 0.5) is 5.69 Å². The zero-order chi connectivity index (χ0) is 16.4. The molecule has 1 aromatic carbocycles. The molecule has 1 heterocycles. The maximum absolute atomic E-state index is 12.2.